The van der Waals surface area contributed by atoms with Crippen molar-refractivity contribution in [2.75, 3.05) is 0 Å². The minimum atomic E-state index is -1.64. The number of aromatic nitrogens is 1. The van der Waals surface area contributed by atoms with E-state index >= 15 is 0 Å². The summed E-state index contributed by atoms with van der Waals surface area (Å²) in [6.45, 7) is 0. The highest BCUT2D eigenvalue weighted by Crippen LogP contribution is 2.49. The second-order valence-corrected chi connectivity index (χ2v) is 7.51. The quantitative estimate of drug-likeness (QED) is 0.566. The molecule has 1 aliphatic carbocycles. The third-order valence-corrected chi connectivity index (χ3v) is 6.02. The number of nitrogens with zero attached hydrogens (tertiary/aromatic N) is 1. The number of aliphatic hydroxyl groups is 1. The van der Waals surface area contributed by atoms with Gasteiger partial charge < -0.3 is 9.67 Å². The van der Waals surface area contributed by atoms with Crippen LogP contribution in [0.15, 0.2) is 84.9 Å². The van der Waals surface area contributed by atoms with Gasteiger partial charge in [-0.3, -0.25) is 4.79 Å². The van der Waals surface area contributed by atoms with Crippen molar-refractivity contribution < 1.29 is 9.90 Å². The molecule has 1 aromatic heterocycles. The molecule has 1 heterocycles. The van der Waals surface area contributed by atoms with Crippen LogP contribution in [-0.2, 0) is 17.4 Å². The van der Waals surface area contributed by atoms with Crippen LogP contribution in [0.1, 0.15) is 34.7 Å². The van der Waals surface area contributed by atoms with E-state index in [0.29, 0.717) is 11.3 Å². The van der Waals surface area contributed by atoms with Crippen LogP contribution in [0.4, 0.5) is 0 Å². The summed E-state index contributed by atoms with van der Waals surface area (Å²) in [6.07, 6.45) is 0.274. The molecule has 4 aromatic rings. The minimum absolute atomic E-state index is 0.0706. The van der Waals surface area contributed by atoms with Crippen LogP contribution in [0.5, 0.6) is 0 Å². The number of carbonyl (C=O) groups excluding carboxylic acids is 1. The normalized spacial score (nSPS) is 21.6. The van der Waals surface area contributed by atoms with E-state index in [-0.39, 0.29) is 18.1 Å². The number of benzene rings is 3. The van der Waals surface area contributed by atoms with E-state index in [9.17, 15) is 9.90 Å². The largest absolute Gasteiger partial charge is 0.372 e. The van der Waals surface area contributed by atoms with Crippen LogP contribution in [0.2, 0.25) is 0 Å². The highest BCUT2D eigenvalue weighted by molar-refractivity contribution is 5.99. The number of Topliss-reactive ketones (excluding diaryl/α,β-unsaturated/α-hetero) is 1. The first kappa shape index (κ1) is 17.0. The Bertz CT molecular complexity index is 1180. The molecule has 0 amide bonds. The molecule has 1 aliphatic rings. The predicted molar refractivity (Wildman–Crippen MR) is 110 cm³/mol. The van der Waals surface area contributed by atoms with Gasteiger partial charge in [0.25, 0.3) is 0 Å². The lowest BCUT2D eigenvalue weighted by atomic mass is 9.70. The molecule has 28 heavy (non-hydrogen) atoms. The molecule has 0 spiro atoms. The Labute approximate surface area is 163 Å². The molecule has 3 aromatic carbocycles. The Balaban J connectivity index is 1.88. The van der Waals surface area contributed by atoms with Crippen LogP contribution in [0.3, 0.4) is 0 Å². The number of fused-ring (bicyclic) bond motifs is 3. The van der Waals surface area contributed by atoms with Gasteiger partial charge in [-0.05, 0) is 22.8 Å². The zero-order valence-corrected chi connectivity index (χ0v) is 15.7. The van der Waals surface area contributed by atoms with Gasteiger partial charge in [0.1, 0.15) is 0 Å². The number of para-hydroxylation sites is 1. The molecule has 138 valence electrons. The highest BCUT2D eigenvalue weighted by atomic mass is 16.3. The first-order valence-electron chi connectivity index (χ1n) is 9.56. The van der Waals surface area contributed by atoms with E-state index in [0.717, 1.165) is 22.0 Å². The molecule has 5 rings (SSSR count). The molecule has 1 N–H and O–H groups in total. The number of aryl methyl sites for hydroxylation is 1. The summed E-state index contributed by atoms with van der Waals surface area (Å²) < 4.78 is 1.99. The summed E-state index contributed by atoms with van der Waals surface area (Å²) >= 11 is 0. The molecule has 0 aliphatic heterocycles. The molecule has 0 fully saturated rings. The van der Waals surface area contributed by atoms with Crippen LogP contribution in [-0.4, -0.2) is 15.5 Å². The maximum Gasteiger partial charge on any atom is 0.189 e. The second-order valence-electron chi connectivity index (χ2n) is 7.51. The predicted octanol–water partition coefficient (Wildman–Crippen LogP) is 4.52. The molecule has 0 saturated carbocycles. The average molecular weight is 367 g/mol. The number of rotatable bonds is 2. The van der Waals surface area contributed by atoms with Gasteiger partial charge in [0.05, 0.1) is 5.69 Å². The Morgan fingerprint density at radius 1 is 0.893 bits per heavy atom. The summed E-state index contributed by atoms with van der Waals surface area (Å²) in [7, 11) is 1.94. The monoisotopic (exact) mass is 367 g/mol. The smallest absolute Gasteiger partial charge is 0.189 e. The van der Waals surface area contributed by atoms with E-state index in [1.165, 1.54) is 0 Å². The molecular formula is C25H21NO2. The first-order chi connectivity index (χ1) is 13.6. The van der Waals surface area contributed by atoms with Crippen molar-refractivity contribution in [3.05, 3.63) is 107 Å². The van der Waals surface area contributed by atoms with Crippen LogP contribution >= 0.6 is 0 Å². The molecule has 3 nitrogen and oxygen atoms in total. The van der Waals surface area contributed by atoms with E-state index in [1.807, 2.05) is 78.3 Å². The highest BCUT2D eigenvalue weighted by Gasteiger charge is 2.49. The number of ketones is 1. The maximum atomic E-state index is 13.4. The summed E-state index contributed by atoms with van der Waals surface area (Å²) in [4.78, 5) is 13.4. The zero-order chi connectivity index (χ0) is 19.3. The number of hydrogen-bond donors (Lipinski definition) is 1. The van der Waals surface area contributed by atoms with Crippen molar-refractivity contribution in [3.63, 3.8) is 0 Å². The van der Waals surface area contributed by atoms with E-state index in [2.05, 4.69) is 18.2 Å². The summed E-state index contributed by atoms with van der Waals surface area (Å²) in [5, 5.41) is 12.9. The maximum absolute atomic E-state index is 13.4. The van der Waals surface area contributed by atoms with Gasteiger partial charge in [0.15, 0.2) is 11.4 Å². The lowest BCUT2D eigenvalue weighted by molar-refractivity contribution is -0.136. The van der Waals surface area contributed by atoms with Gasteiger partial charge >= 0.3 is 0 Å². The minimum Gasteiger partial charge on any atom is -0.372 e. The fraction of sp³-hybridized carbons (Fsp3) is 0.160. The van der Waals surface area contributed by atoms with Crippen molar-refractivity contribution in [2.45, 2.75) is 17.9 Å². The Hall–Kier alpha value is -3.17. The van der Waals surface area contributed by atoms with Crippen molar-refractivity contribution >= 4 is 16.7 Å². The molecular weight excluding hydrogens is 346 g/mol. The Morgan fingerprint density at radius 3 is 2.21 bits per heavy atom. The fourth-order valence-electron chi connectivity index (χ4n) is 4.73. The van der Waals surface area contributed by atoms with Crippen molar-refractivity contribution in [3.8, 4) is 0 Å². The van der Waals surface area contributed by atoms with Gasteiger partial charge in [-0.2, -0.15) is 0 Å². The molecule has 3 heteroatoms. The standard InChI is InChI=1S/C25H21NO2/c1-26-21-15-9-8-14-19(21)23-20(17-10-4-2-5-11-17)16-22(27)25(28,24(23)26)18-12-6-3-7-13-18/h2-15,20,28H,16H2,1H3/t20-,25-/m1/s1. The van der Waals surface area contributed by atoms with Gasteiger partial charge in [0, 0.05) is 30.3 Å². The van der Waals surface area contributed by atoms with Crippen molar-refractivity contribution in [1.82, 2.24) is 4.57 Å². The Kier molecular flexibility index (Phi) is 3.74. The molecule has 0 radical (unpaired) electrons. The van der Waals surface area contributed by atoms with Crippen LogP contribution in [0.25, 0.3) is 10.9 Å². The molecule has 0 bridgehead atoms. The fourth-order valence-corrected chi connectivity index (χ4v) is 4.73. The third kappa shape index (κ3) is 2.23. The van der Waals surface area contributed by atoms with Crippen molar-refractivity contribution in [1.29, 1.82) is 0 Å². The topological polar surface area (TPSA) is 42.2 Å². The molecule has 0 unspecified atom stereocenters. The van der Waals surface area contributed by atoms with E-state index < -0.39 is 5.60 Å². The number of hydrogen-bond acceptors (Lipinski definition) is 2. The second kappa shape index (κ2) is 6.18. The van der Waals surface area contributed by atoms with Gasteiger partial charge in [0.2, 0.25) is 0 Å². The summed E-state index contributed by atoms with van der Waals surface area (Å²) in [5.41, 5.74) is 2.84. The van der Waals surface area contributed by atoms with Gasteiger partial charge in [-0.1, -0.05) is 78.9 Å². The molecule has 0 saturated heterocycles. The van der Waals surface area contributed by atoms with Crippen LogP contribution < -0.4 is 0 Å². The summed E-state index contributed by atoms with van der Waals surface area (Å²) in [6, 6.07) is 27.6. The third-order valence-electron chi connectivity index (χ3n) is 6.02. The van der Waals surface area contributed by atoms with Crippen molar-refractivity contribution in [2.24, 2.45) is 7.05 Å². The van der Waals surface area contributed by atoms with Gasteiger partial charge in [-0.15, -0.1) is 0 Å². The molecule has 2 atom stereocenters. The average Bonchev–Trinajstić information content (AvgIpc) is 3.05. The van der Waals surface area contributed by atoms with Gasteiger partial charge in [-0.25, -0.2) is 0 Å². The zero-order valence-electron chi connectivity index (χ0n) is 15.7. The van der Waals surface area contributed by atoms with Crippen LogP contribution in [0, 0.1) is 0 Å². The Morgan fingerprint density at radius 2 is 1.50 bits per heavy atom. The van der Waals surface area contributed by atoms with E-state index in [4.69, 9.17) is 0 Å². The van der Waals surface area contributed by atoms with E-state index in [1.54, 1.807) is 0 Å². The number of carbonyl (C=O) groups is 1. The summed E-state index contributed by atoms with van der Waals surface area (Å²) in [5.74, 6) is -0.232. The lowest BCUT2D eigenvalue weighted by Gasteiger charge is -2.36. The lowest BCUT2D eigenvalue weighted by Crippen LogP contribution is -2.43. The first-order valence-corrected chi connectivity index (χ1v) is 9.56. The SMILES string of the molecule is Cn1c2c(c3ccccc31)[C@@H](c1ccccc1)CC(=O)[C@]2(O)c1ccccc1.